The lowest BCUT2D eigenvalue weighted by atomic mass is 9.89. The van der Waals surface area contributed by atoms with Gasteiger partial charge in [0.05, 0.1) is 5.92 Å². The second-order valence-electron chi connectivity index (χ2n) is 6.68. The van der Waals surface area contributed by atoms with Crippen molar-refractivity contribution in [2.24, 2.45) is 5.92 Å². The minimum atomic E-state index is -0.955. The van der Waals surface area contributed by atoms with Gasteiger partial charge in [-0.1, -0.05) is 12.1 Å². The Morgan fingerprint density at radius 3 is 2.81 bits per heavy atom. The van der Waals surface area contributed by atoms with E-state index in [0.717, 1.165) is 5.82 Å². The second kappa shape index (κ2) is 7.68. The molecule has 1 aromatic heterocycles. The molecule has 0 bridgehead atoms. The molecule has 0 aliphatic carbocycles. The van der Waals surface area contributed by atoms with Gasteiger partial charge in [0.1, 0.15) is 11.6 Å². The van der Waals surface area contributed by atoms with Gasteiger partial charge in [-0.2, -0.15) is 0 Å². The zero-order chi connectivity index (χ0) is 18.7. The molecule has 1 amide bonds. The van der Waals surface area contributed by atoms with Crippen molar-refractivity contribution in [1.29, 1.82) is 0 Å². The molecule has 1 N–H and O–H groups in total. The summed E-state index contributed by atoms with van der Waals surface area (Å²) in [5.74, 6) is -1.61. The third-order valence-electron chi connectivity index (χ3n) is 4.98. The number of benzene rings is 1. The maximum absolute atomic E-state index is 13.5. The third kappa shape index (κ3) is 3.92. The summed E-state index contributed by atoms with van der Waals surface area (Å²) < 4.78 is 15.5. The number of imidazole rings is 1. The van der Waals surface area contributed by atoms with Crippen LogP contribution in [-0.2, 0) is 16.1 Å². The maximum atomic E-state index is 13.5. The normalized spacial score (nSPS) is 19.7. The van der Waals surface area contributed by atoms with E-state index in [-0.39, 0.29) is 18.4 Å². The molecule has 1 fully saturated rings. The number of amides is 1. The molecule has 6 nitrogen and oxygen atoms in total. The first-order valence-electron chi connectivity index (χ1n) is 8.69. The van der Waals surface area contributed by atoms with Crippen LogP contribution in [0.2, 0.25) is 0 Å². The molecule has 0 saturated carbocycles. The van der Waals surface area contributed by atoms with Crippen LogP contribution in [0.3, 0.4) is 0 Å². The average molecular weight is 359 g/mol. The van der Waals surface area contributed by atoms with Crippen molar-refractivity contribution in [3.05, 3.63) is 53.9 Å². The summed E-state index contributed by atoms with van der Waals surface area (Å²) in [6.07, 6.45) is 4.60. The van der Waals surface area contributed by atoms with E-state index in [0.29, 0.717) is 31.5 Å². The van der Waals surface area contributed by atoms with Crippen LogP contribution >= 0.6 is 0 Å². The van der Waals surface area contributed by atoms with Gasteiger partial charge in [-0.05, 0) is 31.0 Å². The predicted molar refractivity (Wildman–Crippen MR) is 93.0 cm³/mol. The van der Waals surface area contributed by atoms with Crippen LogP contribution < -0.4 is 0 Å². The SMILES string of the molecule is Cc1nccn1CCCC(=O)N1C[C@@H](C(=O)O)[C@H](c2cccc(F)c2)C1. The number of aryl methyl sites for hydroxylation is 2. The summed E-state index contributed by atoms with van der Waals surface area (Å²) in [6.45, 7) is 3.08. The monoisotopic (exact) mass is 359 g/mol. The molecule has 2 aromatic rings. The summed E-state index contributed by atoms with van der Waals surface area (Å²) in [7, 11) is 0. The Hall–Kier alpha value is -2.70. The summed E-state index contributed by atoms with van der Waals surface area (Å²) in [5, 5.41) is 9.50. The number of carboxylic acid groups (broad SMARTS) is 1. The number of hydrogen-bond donors (Lipinski definition) is 1. The molecule has 26 heavy (non-hydrogen) atoms. The highest BCUT2D eigenvalue weighted by atomic mass is 19.1. The molecule has 3 rings (SSSR count). The fourth-order valence-corrected chi connectivity index (χ4v) is 3.53. The highest BCUT2D eigenvalue weighted by molar-refractivity contribution is 5.79. The number of carbonyl (C=O) groups is 2. The van der Waals surface area contributed by atoms with Crippen LogP contribution in [0.4, 0.5) is 4.39 Å². The fourth-order valence-electron chi connectivity index (χ4n) is 3.53. The Labute approximate surface area is 151 Å². The van der Waals surface area contributed by atoms with E-state index in [9.17, 15) is 19.1 Å². The van der Waals surface area contributed by atoms with Crippen LogP contribution in [0.25, 0.3) is 0 Å². The number of aromatic nitrogens is 2. The quantitative estimate of drug-likeness (QED) is 0.860. The lowest BCUT2D eigenvalue weighted by Gasteiger charge is -2.17. The molecule has 1 saturated heterocycles. The van der Waals surface area contributed by atoms with E-state index < -0.39 is 17.7 Å². The molecule has 7 heteroatoms. The Morgan fingerprint density at radius 2 is 2.15 bits per heavy atom. The van der Waals surface area contributed by atoms with Crippen LogP contribution in [0, 0.1) is 18.7 Å². The number of aliphatic carboxylic acids is 1. The Balaban J connectivity index is 1.62. The third-order valence-corrected chi connectivity index (χ3v) is 4.98. The standard InChI is InChI=1S/C19H22FN3O3/c1-13-21-7-9-22(13)8-3-6-18(24)23-11-16(17(12-23)19(25)26)14-4-2-5-15(20)10-14/h2,4-5,7,9-10,16-17H,3,6,8,11-12H2,1H3,(H,25,26)/t16-,17+/m0/s1. The van der Waals surface area contributed by atoms with Gasteiger partial charge in [0.2, 0.25) is 5.91 Å². The van der Waals surface area contributed by atoms with Crippen LogP contribution in [0.1, 0.15) is 30.1 Å². The maximum Gasteiger partial charge on any atom is 0.308 e. The van der Waals surface area contributed by atoms with E-state index in [1.807, 2.05) is 17.7 Å². The van der Waals surface area contributed by atoms with Crippen molar-refractivity contribution in [1.82, 2.24) is 14.5 Å². The minimum absolute atomic E-state index is 0.0621. The minimum Gasteiger partial charge on any atom is -0.481 e. The first-order valence-corrected chi connectivity index (χ1v) is 8.69. The van der Waals surface area contributed by atoms with E-state index in [1.54, 1.807) is 23.2 Å². The van der Waals surface area contributed by atoms with Gasteiger partial charge in [0.15, 0.2) is 0 Å². The molecule has 0 unspecified atom stereocenters. The van der Waals surface area contributed by atoms with Gasteiger partial charge < -0.3 is 14.6 Å². The molecule has 2 heterocycles. The topological polar surface area (TPSA) is 75.4 Å². The van der Waals surface area contributed by atoms with Crippen LogP contribution in [0.15, 0.2) is 36.7 Å². The highest BCUT2D eigenvalue weighted by Gasteiger charge is 2.40. The smallest absolute Gasteiger partial charge is 0.308 e. The number of likely N-dealkylation sites (tertiary alicyclic amines) is 1. The van der Waals surface area contributed by atoms with Gasteiger partial charge in [0, 0.05) is 44.4 Å². The van der Waals surface area contributed by atoms with Crippen molar-refractivity contribution >= 4 is 11.9 Å². The molecule has 1 aromatic carbocycles. The first-order chi connectivity index (χ1) is 12.5. The lowest BCUT2D eigenvalue weighted by Crippen LogP contribution is -2.29. The van der Waals surface area contributed by atoms with Gasteiger partial charge in [0.25, 0.3) is 0 Å². The summed E-state index contributed by atoms with van der Waals surface area (Å²) in [6, 6.07) is 5.98. The number of hydrogen-bond acceptors (Lipinski definition) is 3. The molecule has 1 aliphatic heterocycles. The largest absolute Gasteiger partial charge is 0.481 e. The average Bonchev–Trinajstić information content (AvgIpc) is 3.22. The Kier molecular flexibility index (Phi) is 5.35. The summed E-state index contributed by atoms with van der Waals surface area (Å²) in [5.41, 5.74) is 0.627. The van der Waals surface area contributed by atoms with E-state index >= 15 is 0 Å². The predicted octanol–water partition coefficient (Wildman–Crippen LogP) is 2.44. The van der Waals surface area contributed by atoms with Crippen molar-refractivity contribution < 1.29 is 19.1 Å². The van der Waals surface area contributed by atoms with Crippen LogP contribution in [-0.4, -0.2) is 44.5 Å². The number of halogens is 1. The van der Waals surface area contributed by atoms with Gasteiger partial charge in [-0.25, -0.2) is 9.37 Å². The number of carboxylic acids is 1. The van der Waals surface area contributed by atoms with E-state index in [4.69, 9.17) is 0 Å². The molecule has 2 atom stereocenters. The molecule has 138 valence electrons. The molecule has 0 radical (unpaired) electrons. The number of rotatable bonds is 6. The van der Waals surface area contributed by atoms with Crippen LogP contribution in [0.5, 0.6) is 0 Å². The van der Waals surface area contributed by atoms with Gasteiger partial charge >= 0.3 is 5.97 Å². The molecular formula is C19H22FN3O3. The Morgan fingerprint density at radius 1 is 1.35 bits per heavy atom. The van der Waals surface area contributed by atoms with Crippen molar-refractivity contribution in [3.63, 3.8) is 0 Å². The van der Waals surface area contributed by atoms with Crippen molar-refractivity contribution in [3.8, 4) is 0 Å². The number of carbonyl (C=O) groups excluding carboxylic acids is 1. The zero-order valence-corrected chi connectivity index (χ0v) is 14.6. The molecule has 1 aliphatic rings. The second-order valence-corrected chi connectivity index (χ2v) is 6.68. The lowest BCUT2D eigenvalue weighted by molar-refractivity contribution is -0.141. The fraction of sp³-hybridized carbons (Fsp3) is 0.421. The van der Waals surface area contributed by atoms with Gasteiger partial charge in [-0.15, -0.1) is 0 Å². The van der Waals surface area contributed by atoms with Crippen molar-refractivity contribution in [2.45, 2.75) is 32.2 Å². The van der Waals surface area contributed by atoms with Gasteiger partial charge in [-0.3, -0.25) is 9.59 Å². The van der Waals surface area contributed by atoms with E-state index in [2.05, 4.69) is 4.98 Å². The molecular weight excluding hydrogens is 337 g/mol. The Bertz CT molecular complexity index is 805. The molecule has 0 spiro atoms. The van der Waals surface area contributed by atoms with E-state index in [1.165, 1.54) is 12.1 Å². The summed E-state index contributed by atoms with van der Waals surface area (Å²) >= 11 is 0. The highest BCUT2D eigenvalue weighted by Crippen LogP contribution is 2.33. The summed E-state index contributed by atoms with van der Waals surface area (Å²) in [4.78, 5) is 29.8. The number of nitrogens with zero attached hydrogens (tertiary/aromatic N) is 3. The zero-order valence-electron chi connectivity index (χ0n) is 14.6. The first kappa shape index (κ1) is 18.1. The van der Waals surface area contributed by atoms with Crippen molar-refractivity contribution in [2.75, 3.05) is 13.1 Å².